The van der Waals surface area contributed by atoms with Gasteiger partial charge in [0, 0.05) is 40.2 Å². The van der Waals surface area contributed by atoms with E-state index in [9.17, 15) is 19.8 Å². The number of fused-ring (bicyclic) bond motifs is 1. The maximum atomic E-state index is 13.7. The van der Waals surface area contributed by atoms with E-state index in [0.29, 0.717) is 23.5 Å². The van der Waals surface area contributed by atoms with Gasteiger partial charge >= 0.3 is 0 Å². The Labute approximate surface area is 225 Å². The van der Waals surface area contributed by atoms with E-state index in [1.807, 2.05) is 78.9 Å². The summed E-state index contributed by atoms with van der Waals surface area (Å²) >= 11 is 2.17. The number of aliphatic hydroxyl groups excluding tert-OH is 1. The Balaban J connectivity index is 1.54. The van der Waals surface area contributed by atoms with Gasteiger partial charge in [-0.15, -0.1) is 0 Å². The highest BCUT2D eigenvalue weighted by Crippen LogP contribution is 2.48. The molecule has 3 aromatic rings. The fourth-order valence-electron chi connectivity index (χ4n) is 4.53. The SMILES string of the molecule is C[C@H](/C=C/CC(=O)N(CCO)Cc1ccccc1)[C@@]1(O)C(=O)N(c2ccccc2)c2ccc(I)cc21. The van der Waals surface area contributed by atoms with Crippen molar-refractivity contribution in [2.24, 2.45) is 5.92 Å². The summed E-state index contributed by atoms with van der Waals surface area (Å²) in [6.45, 7) is 2.30. The lowest BCUT2D eigenvalue weighted by Gasteiger charge is -2.28. The molecule has 0 unspecified atom stereocenters. The first-order valence-corrected chi connectivity index (χ1v) is 13.0. The molecule has 3 aromatic carbocycles. The number of hydrogen-bond acceptors (Lipinski definition) is 4. The van der Waals surface area contributed by atoms with Gasteiger partial charge in [0.2, 0.25) is 5.91 Å². The zero-order valence-electron chi connectivity index (χ0n) is 20.0. The Hall–Kier alpha value is -3.01. The van der Waals surface area contributed by atoms with Crippen LogP contribution in [0.1, 0.15) is 24.5 Å². The van der Waals surface area contributed by atoms with Crippen molar-refractivity contribution in [3.05, 3.63) is 106 Å². The predicted octanol–water partition coefficient (Wildman–Crippen LogP) is 4.76. The third kappa shape index (κ3) is 5.23. The van der Waals surface area contributed by atoms with Crippen LogP contribution in [0.5, 0.6) is 0 Å². The van der Waals surface area contributed by atoms with Crippen molar-refractivity contribution in [2.45, 2.75) is 25.5 Å². The molecule has 1 aliphatic heterocycles. The van der Waals surface area contributed by atoms with Crippen LogP contribution in [0.3, 0.4) is 0 Å². The summed E-state index contributed by atoms with van der Waals surface area (Å²) in [5.41, 5.74) is 1.11. The van der Waals surface area contributed by atoms with Crippen molar-refractivity contribution in [3.63, 3.8) is 0 Å². The number of para-hydroxylation sites is 1. The molecule has 4 rings (SSSR count). The Morgan fingerprint density at radius 1 is 1.08 bits per heavy atom. The standard InChI is InChI=1S/C29H29IN2O4/c1-21(9-8-14-27(34)31(17-18-33)20-22-10-4-2-5-11-22)29(36)25-19-23(30)15-16-26(25)32(28(29)35)24-12-6-3-7-13-24/h2-13,15-16,19,21,33,36H,14,17-18,20H2,1H3/b9-8+/t21-,29+/m1/s1. The molecule has 0 fully saturated rings. The van der Waals surface area contributed by atoms with Gasteiger partial charge < -0.3 is 15.1 Å². The average Bonchev–Trinajstić information content (AvgIpc) is 3.11. The highest BCUT2D eigenvalue weighted by molar-refractivity contribution is 14.1. The summed E-state index contributed by atoms with van der Waals surface area (Å²) < 4.78 is 0.916. The minimum absolute atomic E-state index is 0.100. The molecule has 2 amide bonds. The topological polar surface area (TPSA) is 81.1 Å². The lowest BCUT2D eigenvalue weighted by molar-refractivity contribution is -0.138. The first-order valence-electron chi connectivity index (χ1n) is 11.9. The third-order valence-electron chi connectivity index (χ3n) is 6.47. The lowest BCUT2D eigenvalue weighted by atomic mass is 9.83. The van der Waals surface area contributed by atoms with Crippen LogP contribution in [0.15, 0.2) is 91.0 Å². The zero-order chi connectivity index (χ0) is 25.7. The quantitative estimate of drug-likeness (QED) is 0.276. The van der Waals surface area contributed by atoms with Crippen LogP contribution in [0, 0.1) is 9.49 Å². The molecule has 0 aliphatic carbocycles. The van der Waals surface area contributed by atoms with Gasteiger partial charge in [-0.05, 0) is 58.5 Å². The van der Waals surface area contributed by atoms with Gasteiger partial charge in [0.1, 0.15) is 0 Å². The summed E-state index contributed by atoms with van der Waals surface area (Å²) in [4.78, 5) is 29.7. The summed E-state index contributed by atoms with van der Waals surface area (Å²) in [6.07, 6.45) is 3.53. The number of hydrogen-bond donors (Lipinski definition) is 2. The number of halogens is 1. The minimum Gasteiger partial charge on any atom is -0.395 e. The van der Waals surface area contributed by atoms with E-state index in [0.717, 1.165) is 9.13 Å². The summed E-state index contributed by atoms with van der Waals surface area (Å²) in [5, 5.41) is 21.2. The molecule has 2 N–H and O–H groups in total. The van der Waals surface area contributed by atoms with Crippen LogP contribution >= 0.6 is 22.6 Å². The number of carbonyl (C=O) groups excluding carboxylic acids is 2. The number of aliphatic hydroxyl groups is 2. The number of rotatable bonds is 9. The zero-order valence-corrected chi connectivity index (χ0v) is 22.2. The smallest absolute Gasteiger partial charge is 0.268 e. The van der Waals surface area contributed by atoms with Crippen LogP contribution in [-0.2, 0) is 21.7 Å². The molecular formula is C29H29IN2O4. The Morgan fingerprint density at radius 2 is 1.75 bits per heavy atom. The fourth-order valence-corrected chi connectivity index (χ4v) is 5.03. The fraction of sp³-hybridized carbons (Fsp3) is 0.241. The van der Waals surface area contributed by atoms with Crippen LogP contribution in [-0.4, -0.2) is 40.1 Å². The van der Waals surface area contributed by atoms with Crippen LogP contribution < -0.4 is 4.90 Å². The Morgan fingerprint density at radius 3 is 2.42 bits per heavy atom. The molecular weight excluding hydrogens is 567 g/mol. The highest BCUT2D eigenvalue weighted by Gasteiger charge is 2.53. The minimum atomic E-state index is -1.76. The van der Waals surface area contributed by atoms with Crippen molar-refractivity contribution in [2.75, 3.05) is 18.1 Å². The van der Waals surface area contributed by atoms with E-state index in [1.54, 1.807) is 28.9 Å². The first-order chi connectivity index (χ1) is 17.4. The number of nitrogens with zero attached hydrogens (tertiary/aromatic N) is 2. The molecule has 2 atom stereocenters. The van der Waals surface area contributed by atoms with Crippen molar-refractivity contribution < 1.29 is 19.8 Å². The highest BCUT2D eigenvalue weighted by atomic mass is 127. The number of benzene rings is 3. The normalized spacial score (nSPS) is 17.9. The summed E-state index contributed by atoms with van der Waals surface area (Å²) in [7, 11) is 0. The molecule has 1 aliphatic rings. The van der Waals surface area contributed by atoms with Crippen molar-refractivity contribution in [1.82, 2.24) is 4.90 Å². The molecule has 0 radical (unpaired) electrons. The van der Waals surface area contributed by atoms with Crippen molar-refractivity contribution in [3.8, 4) is 0 Å². The van der Waals surface area contributed by atoms with Gasteiger partial charge in [0.25, 0.3) is 5.91 Å². The van der Waals surface area contributed by atoms with Crippen LogP contribution in [0.25, 0.3) is 0 Å². The van der Waals surface area contributed by atoms with Crippen LogP contribution in [0.4, 0.5) is 11.4 Å². The van der Waals surface area contributed by atoms with Gasteiger partial charge in [-0.1, -0.05) is 67.6 Å². The predicted molar refractivity (Wildman–Crippen MR) is 149 cm³/mol. The Kier molecular flexibility index (Phi) is 8.23. The van der Waals surface area contributed by atoms with E-state index in [2.05, 4.69) is 22.6 Å². The first kappa shape index (κ1) is 26.1. The van der Waals surface area contributed by atoms with E-state index in [4.69, 9.17) is 0 Å². The molecule has 0 aromatic heterocycles. The molecule has 36 heavy (non-hydrogen) atoms. The molecule has 0 bridgehead atoms. The number of carbonyl (C=O) groups is 2. The Bertz CT molecular complexity index is 1250. The molecule has 0 spiro atoms. The average molecular weight is 596 g/mol. The second-order valence-corrected chi connectivity index (χ2v) is 10.1. The molecule has 0 saturated carbocycles. The van der Waals surface area contributed by atoms with Gasteiger partial charge in [0.15, 0.2) is 5.60 Å². The second-order valence-electron chi connectivity index (χ2n) is 8.85. The van der Waals surface area contributed by atoms with Crippen LogP contribution in [0.2, 0.25) is 0 Å². The maximum Gasteiger partial charge on any atom is 0.268 e. The van der Waals surface area contributed by atoms with E-state index in [1.165, 1.54) is 0 Å². The molecule has 186 valence electrons. The monoisotopic (exact) mass is 596 g/mol. The van der Waals surface area contributed by atoms with Gasteiger partial charge in [0.05, 0.1) is 12.3 Å². The number of anilines is 2. The largest absolute Gasteiger partial charge is 0.395 e. The van der Waals surface area contributed by atoms with Gasteiger partial charge in [-0.2, -0.15) is 0 Å². The summed E-state index contributed by atoms with van der Waals surface area (Å²) in [5.74, 6) is -1.13. The summed E-state index contributed by atoms with van der Waals surface area (Å²) in [6, 6.07) is 24.5. The third-order valence-corrected chi connectivity index (χ3v) is 7.14. The molecule has 1 heterocycles. The molecule has 6 nitrogen and oxygen atoms in total. The molecule has 7 heteroatoms. The van der Waals surface area contributed by atoms with Crippen molar-refractivity contribution in [1.29, 1.82) is 0 Å². The number of amides is 2. The van der Waals surface area contributed by atoms with E-state index < -0.39 is 17.4 Å². The maximum absolute atomic E-state index is 13.7. The van der Waals surface area contributed by atoms with Gasteiger partial charge in [-0.3, -0.25) is 14.5 Å². The van der Waals surface area contributed by atoms with Gasteiger partial charge in [-0.25, -0.2) is 0 Å². The second kappa shape index (κ2) is 11.4. The van der Waals surface area contributed by atoms with E-state index in [-0.39, 0.29) is 25.5 Å². The molecule has 0 saturated heterocycles. The lowest BCUT2D eigenvalue weighted by Crippen LogP contribution is -2.42. The van der Waals surface area contributed by atoms with E-state index >= 15 is 0 Å². The van der Waals surface area contributed by atoms with Crippen molar-refractivity contribution >= 4 is 45.8 Å².